The summed E-state index contributed by atoms with van der Waals surface area (Å²) in [7, 11) is 1.98. The number of carbonyl (C=O) groups is 1. The summed E-state index contributed by atoms with van der Waals surface area (Å²) in [6.07, 6.45) is 2.89. The van der Waals surface area contributed by atoms with Gasteiger partial charge in [0.15, 0.2) is 0 Å². The maximum absolute atomic E-state index is 12.3. The van der Waals surface area contributed by atoms with Crippen LogP contribution in [0.25, 0.3) is 0 Å². The van der Waals surface area contributed by atoms with Crippen molar-refractivity contribution in [3.8, 4) is 0 Å². The van der Waals surface area contributed by atoms with Gasteiger partial charge in [0.05, 0.1) is 0 Å². The average molecular weight is 260 g/mol. The average Bonchev–Trinajstić information content (AvgIpc) is 2.48. The molecule has 1 fully saturated rings. The second-order valence-electron chi connectivity index (χ2n) is 5.48. The molecule has 0 radical (unpaired) electrons. The Hall–Kier alpha value is -1.35. The van der Waals surface area contributed by atoms with E-state index < -0.39 is 0 Å². The Morgan fingerprint density at radius 1 is 1.42 bits per heavy atom. The van der Waals surface area contributed by atoms with Crippen molar-refractivity contribution in [3.63, 3.8) is 0 Å². The Bertz CT molecular complexity index is 404. The molecule has 1 aliphatic rings. The summed E-state index contributed by atoms with van der Waals surface area (Å²) in [4.78, 5) is 14.4. The van der Waals surface area contributed by atoms with E-state index in [4.69, 9.17) is 0 Å². The molecule has 1 aromatic rings. The zero-order valence-corrected chi connectivity index (χ0v) is 11.9. The fourth-order valence-electron chi connectivity index (χ4n) is 2.73. The molecule has 104 valence electrons. The molecule has 1 amide bonds. The van der Waals surface area contributed by atoms with Gasteiger partial charge in [0.1, 0.15) is 0 Å². The topological polar surface area (TPSA) is 32.3 Å². The number of nitrogens with zero attached hydrogens (tertiary/aromatic N) is 1. The van der Waals surface area contributed by atoms with Crippen LogP contribution in [0.4, 0.5) is 0 Å². The van der Waals surface area contributed by atoms with Crippen LogP contribution in [0.15, 0.2) is 30.3 Å². The van der Waals surface area contributed by atoms with Crippen molar-refractivity contribution in [2.75, 3.05) is 20.1 Å². The van der Waals surface area contributed by atoms with Gasteiger partial charge in [-0.1, -0.05) is 37.3 Å². The number of likely N-dealkylation sites (tertiary alicyclic amines) is 1. The van der Waals surface area contributed by atoms with Gasteiger partial charge in [0, 0.05) is 25.6 Å². The van der Waals surface area contributed by atoms with Crippen molar-refractivity contribution in [2.24, 2.45) is 0 Å². The first-order chi connectivity index (χ1) is 9.20. The number of rotatable bonds is 4. The molecule has 2 unspecified atom stereocenters. The predicted molar refractivity (Wildman–Crippen MR) is 78.1 cm³/mol. The molecule has 3 nitrogen and oxygen atoms in total. The van der Waals surface area contributed by atoms with Crippen molar-refractivity contribution in [2.45, 2.75) is 38.1 Å². The molecule has 0 bridgehead atoms. The minimum absolute atomic E-state index is 0.288. The van der Waals surface area contributed by atoms with E-state index in [0.29, 0.717) is 18.4 Å². The second-order valence-corrected chi connectivity index (χ2v) is 5.48. The number of hydrogen-bond acceptors (Lipinski definition) is 2. The molecule has 1 saturated heterocycles. The maximum Gasteiger partial charge on any atom is 0.223 e. The van der Waals surface area contributed by atoms with Crippen LogP contribution in [-0.4, -0.2) is 37.0 Å². The number of nitrogens with one attached hydrogen (secondary N) is 1. The van der Waals surface area contributed by atoms with Gasteiger partial charge in [0.2, 0.25) is 5.91 Å². The van der Waals surface area contributed by atoms with Crippen molar-refractivity contribution >= 4 is 5.91 Å². The number of carbonyl (C=O) groups excluding carboxylic acids is 1. The van der Waals surface area contributed by atoms with Gasteiger partial charge in [-0.15, -0.1) is 0 Å². The van der Waals surface area contributed by atoms with Gasteiger partial charge in [0.25, 0.3) is 0 Å². The first-order valence-electron chi connectivity index (χ1n) is 7.20. The van der Waals surface area contributed by atoms with Gasteiger partial charge in [-0.05, 0) is 31.4 Å². The van der Waals surface area contributed by atoms with Crippen molar-refractivity contribution in [1.29, 1.82) is 0 Å². The first-order valence-corrected chi connectivity index (χ1v) is 7.20. The van der Waals surface area contributed by atoms with Gasteiger partial charge in [-0.25, -0.2) is 0 Å². The highest BCUT2D eigenvalue weighted by molar-refractivity contribution is 5.77. The largest absolute Gasteiger partial charge is 0.341 e. The van der Waals surface area contributed by atoms with E-state index in [2.05, 4.69) is 24.4 Å². The first kappa shape index (κ1) is 14.1. The summed E-state index contributed by atoms with van der Waals surface area (Å²) in [6.45, 7) is 3.90. The molecule has 0 spiro atoms. The summed E-state index contributed by atoms with van der Waals surface area (Å²) >= 11 is 0. The summed E-state index contributed by atoms with van der Waals surface area (Å²) in [5, 5.41) is 3.28. The minimum Gasteiger partial charge on any atom is -0.341 e. The smallest absolute Gasteiger partial charge is 0.223 e. The standard InChI is InChI=1S/C16H24N2O/c1-13(14-7-4-3-5-8-14)11-16(19)18-10-6-9-15(12-18)17-2/h3-5,7-8,13,15,17H,6,9-12H2,1-2H3. The van der Waals surface area contributed by atoms with E-state index in [1.807, 2.05) is 30.1 Å². The molecule has 3 heteroatoms. The van der Waals surface area contributed by atoms with E-state index in [-0.39, 0.29) is 5.91 Å². The minimum atomic E-state index is 0.288. The SMILES string of the molecule is CNC1CCCN(C(=O)CC(C)c2ccccc2)C1. The molecule has 1 aliphatic heterocycles. The summed E-state index contributed by atoms with van der Waals surface area (Å²) in [5.74, 6) is 0.583. The molecule has 0 saturated carbocycles. The highest BCUT2D eigenvalue weighted by Crippen LogP contribution is 2.21. The van der Waals surface area contributed by atoms with Crippen LogP contribution in [0.2, 0.25) is 0 Å². The lowest BCUT2D eigenvalue weighted by Crippen LogP contribution is -2.47. The highest BCUT2D eigenvalue weighted by Gasteiger charge is 2.23. The zero-order chi connectivity index (χ0) is 13.7. The maximum atomic E-state index is 12.3. The molecule has 1 N–H and O–H groups in total. The summed E-state index contributed by atoms with van der Waals surface area (Å²) < 4.78 is 0. The lowest BCUT2D eigenvalue weighted by Gasteiger charge is -2.33. The number of hydrogen-bond donors (Lipinski definition) is 1. The fraction of sp³-hybridized carbons (Fsp3) is 0.562. The van der Waals surface area contributed by atoms with Crippen molar-refractivity contribution in [1.82, 2.24) is 10.2 Å². The van der Waals surface area contributed by atoms with Crippen LogP contribution in [-0.2, 0) is 4.79 Å². The van der Waals surface area contributed by atoms with Crippen LogP contribution in [0.3, 0.4) is 0 Å². The summed E-state index contributed by atoms with van der Waals surface area (Å²) in [5.41, 5.74) is 1.25. The molecule has 0 aliphatic carbocycles. The summed E-state index contributed by atoms with van der Waals surface area (Å²) in [6, 6.07) is 10.8. The van der Waals surface area contributed by atoms with Crippen LogP contribution >= 0.6 is 0 Å². The van der Waals surface area contributed by atoms with Crippen molar-refractivity contribution in [3.05, 3.63) is 35.9 Å². The molecule has 2 rings (SSSR count). The third kappa shape index (κ3) is 3.80. The molecule has 19 heavy (non-hydrogen) atoms. The van der Waals surface area contributed by atoms with E-state index in [0.717, 1.165) is 19.5 Å². The Morgan fingerprint density at radius 3 is 2.84 bits per heavy atom. The lowest BCUT2D eigenvalue weighted by molar-refractivity contribution is -0.132. The highest BCUT2D eigenvalue weighted by atomic mass is 16.2. The Morgan fingerprint density at radius 2 is 2.16 bits per heavy atom. The number of likely N-dealkylation sites (N-methyl/N-ethyl adjacent to an activating group) is 1. The number of piperidine rings is 1. The van der Waals surface area contributed by atoms with E-state index in [9.17, 15) is 4.79 Å². The van der Waals surface area contributed by atoms with E-state index >= 15 is 0 Å². The third-order valence-electron chi connectivity index (χ3n) is 4.03. The van der Waals surface area contributed by atoms with Crippen LogP contribution in [0.1, 0.15) is 37.7 Å². The molecular weight excluding hydrogens is 236 g/mol. The molecule has 0 aromatic heterocycles. The second kappa shape index (κ2) is 6.71. The van der Waals surface area contributed by atoms with Crippen molar-refractivity contribution < 1.29 is 4.79 Å². The molecule has 1 heterocycles. The van der Waals surface area contributed by atoms with Gasteiger partial charge in [-0.2, -0.15) is 0 Å². The van der Waals surface area contributed by atoms with E-state index in [1.54, 1.807) is 0 Å². The predicted octanol–water partition coefficient (Wildman–Crippen LogP) is 2.39. The number of benzene rings is 1. The van der Waals surface area contributed by atoms with Crippen LogP contribution in [0.5, 0.6) is 0 Å². The Balaban J connectivity index is 1.90. The Kier molecular flexibility index (Phi) is 4.97. The van der Waals surface area contributed by atoms with Gasteiger partial charge in [-0.3, -0.25) is 4.79 Å². The number of amides is 1. The monoisotopic (exact) mass is 260 g/mol. The molecule has 2 atom stereocenters. The quantitative estimate of drug-likeness (QED) is 0.901. The molecule has 1 aromatic carbocycles. The van der Waals surface area contributed by atoms with E-state index in [1.165, 1.54) is 12.0 Å². The van der Waals surface area contributed by atoms with Gasteiger partial charge < -0.3 is 10.2 Å². The normalized spacial score (nSPS) is 21.2. The van der Waals surface area contributed by atoms with Crippen LogP contribution in [0, 0.1) is 0 Å². The van der Waals surface area contributed by atoms with Gasteiger partial charge >= 0.3 is 0 Å². The lowest BCUT2D eigenvalue weighted by atomic mass is 9.96. The zero-order valence-electron chi connectivity index (χ0n) is 11.9. The fourth-order valence-corrected chi connectivity index (χ4v) is 2.73. The van der Waals surface area contributed by atoms with Crippen LogP contribution < -0.4 is 5.32 Å². The third-order valence-corrected chi connectivity index (χ3v) is 4.03. The molecular formula is C16H24N2O. The Labute approximate surface area is 116 Å².